The van der Waals surface area contributed by atoms with E-state index < -0.39 is 0 Å². The summed E-state index contributed by atoms with van der Waals surface area (Å²) in [5, 5.41) is 0. The molecule has 2 nitrogen and oxygen atoms in total. The van der Waals surface area contributed by atoms with Gasteiger partial charge in [0.25, 0.3) is 0 Å². The Bertz CT molecular complexity index is 660. The molecule has 94 valence electrons. The van der Waals surface area contributed by atoms with Crippen LogP contribution in [0.1, 0.15) is 17.0 Å². The van der Waals surface area contributed by atoms with E-state index in [4.69, 9.17) is 9.47 Å². The smallest absolute Gasteiger partial charge is 0.144 e. The molecule has 2 atom stereocenters. The predicted molar refractivity (Wildman–Crippen MR) is 74.6 cm³/mol. The number of fused-ring (bicyclic) bond motifs is 4. The van der Waals surface area contributed by atoms with Gasteiger partial charge in [0.05, 0.1) is 5.92 Å². The van der Waals surface area contributed by atoms with Gasteiger partial charge in [-0.2, -0.15) is 0 Å². The second-order valence-electron chi connectivity index (χ2n) is 5.00. The van der Waals surface area contributed by atoms with Crippen LogP contribution in [0.2, 0.25) is 0 Å². The molecule has 0 saturated carbocycles. The molecular formula is C17H14O2. The summed E-state index contributed by atoms with van der Waals surface area (Å²) in [6, 6.07) is 16.2. The largest absolute Gasteiger partial charge is 0.489 e. The SMILES string of the molecule is C=C1c2ccccc2OC2COc3ccccc3C12. The Morgan fingerprint density at radius 1 is 0.947 bits per heavy atom. The van der Waals surface area contributed by atoms with E-state index in [-0.39, 0.29) is 12.0 Å². The number of hydrogen-bond donors (Lipinski definition) is 0. The molecule has 0 N–H and O–H groups in total. The van der Waals surface area contributed by atoms with E-state index in [0.717, 1.165) is 22.6 Å². The first-order valence-corrected chi connectivity index (χ1v) is 6.51. The topological polar surface area (TPSA) is 18.5 Å². The summed E-state index contributed by atoms with van der Waals surface area (Å²) >= 11 is 0. The van der Waals surface area contributed by atoms with Gasteiger partial charge in [0.1, 0.15) is 24.2 Å². The Morgan fingerprint density at radius 2 is 1.68 bits per heavy atom. The highest BCUT2D eigenvalue weighted by molar-refractivity contribution is 5.77. The number of benzene rings is 2. The maximum Gasteiger partial charge on any atom is 0.144 e. The van der Waals surface area contributed by atoms with Crippen LogP contribution in [0.3, 0.4) is 0 Å². The van der Waals surface area contributed by atoms with E-state index >= 15 is 0 Å². The molecule has 0 aromatic heterocycles. The molecule has 2 aliphatic heterocycles. The van der Waals surface area contributed by atoms with E-state index in [2.05, 4.69) is 18.7 Å². The minimum atomic E-state index is 0.0253. The fourth-order valence-electron chi connectivity index (χ4n) is 3.02. The van der Waals surface area contributed by atoms with Crippen LogP contribution in [-0.4, -0.2) is 12.7 Å². The van der Waals surface area contributed by atoms with E-state index in [1.807, 2.05) is 36.4 Å². The maximum absolute atomic E-state index is 6.08. The molecule has 19 heavy (non-hydrogen) atoms. The Kier molecular flexibility index (Phi) is 2.18. The van der Waals surface area contributed by atoms with E-state index in [1.54, 1.807) is 0 Å². The molecule has 0 bridgehead atoms. The molecule has 4 rings (SSSR count). The zero-order chi connectivity index (χ0) is 12.8. The lowest BCUT2D eigenvalue weighted by atomic mass is 9.80. The minimum absolute atomic E-state index is 0.0253. The van der Waals surface area contributed by atoms with Crippen molar-refractivity contribution in [1.29, 1.82) is 0 Å². The molecular weight excluding hydrogens is 236 g/mol. The number of ether oxygens (including phenoxy) is 2. The Balaban J connectivity index is 1.87. The Hall–Kier alpha value is -2.22. The number of hydrogen-bond acceptors (Lipinski definition) is 2. The van der Waals surface area contributed by atoms with Crippen molar-refractivity contribution in [3.63, 3.8) is 0 Å². The Morgan fingerprint density at radius 3 is 2.58 bits per heavy atom. The fraction of sp³-hybridized carbons (Fsp3) is 0.176. The van der Waals surface area contributed by atoms with Crippen LogP contribution in [-0.2, 0) is 0 Å². The molecule has 2 aromatic carbocycles. The predicted octanol–water partition coefficient (Wildman–Crippen LogP) is 3.64. The van der Waals surface area contributed by atoms with E-state index in [9.17, 15) is 0 Å². The van der Waals surface area contributed by atoms with Crippen LogP contribution in [0, 0.1) is 0 Å². The van der Waals surface area contributed by atoms with Gasteiger partial charge in [0, 0.05) is 11.1 Å². The van der Waals surface area contributed by atoms with Gasteiger partial charge in [0.2, 0.25) is 0 Å². The summed E-state index contributed by atoms with van der Waals surface area (Å²) in [5.74, 6) is 2.06. The summed E-state index contributed by atoms with van der Waals surface area (Å²) in [7, 11) is 0. The molecule has 2 aromatic rings. The summed E-state index contributed by atoms with van der Waals surface area (Å²) in [6.45, 7) is 4.88. The van der Waals surface area contributed by atoms with Crippen LogP contribution in [0.4, 0.5) is 0 Å². The van der Waals surface area contributed by atoms with Gasteiger partial charge in [-0.1, -0.05) is 43.0 Å². The molecule has 0 aliphatic carbocycles. The number of para-hydroxylation sites is 2. The summed E-state index contributed by atoms with van der Waals surface area (Å²) in [4.78, 5) is 0. The second kappa shape index (κ2) is 3.89. The van der Waals surface area contributed by atoms with E-state index in [1.165, 1.54) is 5.56 Å². The molecule has 2 heteroatoms. The van der Waals surface area contributed by atoms with Crippen molar-refractivity contribution < 1.29 is 9.47 Å². The maximum atomic E-state index is 6.08. The van der Waals surface area contributed by atoms with Crippen LogP contribution in [0.25, 0.3) is 5.57 Å². The Labute approximate surface area is 112 Å². The lowest BCUT2D eigenvalue weighted by molar-refractivity contribution is 0.0954. The molecule has 0 saturated heterocycles. The van der Waals surface area contributed by atoms with Crippen LogP contribution >= 0.6 is 0 Å². The highest BCUT2D eigenvalue weighted by Crippen LogP contribution is 2.48. The van der Waals surface area contributed by atoms with Crippen LogP contribution in [0.5, 0.6) is 11.5 Å². The molecule has 2 aliphatic rings. The summed E-state index contributed by atoms with van der Waals surface area (Å²) in [6.07, 6.45) is 0.0253. The first-order valence-electron chi connectivity index (χ1n) is 6.51. The van der Waals surface area contributed by atoms with Gasteiger partial charge in [0.15, 0.2) is 0 Å². The van der Waals surface area contributed by atoms with Crippen LogP contribution < -0.4 is 9.47 Å². The molecule has 0 radical (unpaired) electrons. The number of rotatable bonds is 0. The van der Waals surface area contributed by atoms with Crippen molar-refractivity contribution in [3.8, 4) is 11.5 Å². The summed E-state index contributed by atoms with van der Waals surface area (Å²) in [5.41, 5.74) is 3.42. The van der Waals surface area contributed by atoms with Crippen molar-refractivity contribution in [2.24, 2.45) is 0 Å². The summed E-state index contributed by atoms with van der Waals surface area (Å²) < 4.78 is 11.9. The molecule has 0 fully saturated rings. The zero-order valence-corrected chi connectivity index (χ0v) is 10.5. The quantitative estimate of drug-likeness (QED) is 0.710. The van der Waals surface area contributed by atoms with Crippen molar-refractivity contribution >= 4 is 5.57 Å². The van der Waals surface area contributed by atoms with Gasteiger partial charge in [-0.15, -0.1) is 0 Å². The monoisotopic (exact) mass is 250 g/mol. The lowest BCUT2D eigenvalue weighted by Crippen LogP contribution is -2.38. The van der Waals surface area contributed by atoms with Crippen molar-refractivity contribution in [1.82, 2.24) is 0 Å². The average molecular weight is 250 g/mol. The average Bonchev–Trinajstić information content (AvgIpc) is 2.47. The van der Waals surface area contributed by atoms with E-state index in [0.29, 0.717) is 6.61 Å². The fourth-order valence-corrected chi connectivity index (χ4v) is 3.02. The second-order valence-corrected chi connectivity index (χ2v) is 5.00. The lowest BCUT2D eigenvalue weighted by Gasteiger charge is -2.39. The van der Waals surface area contributed by atoms with Crippen LogP contribution in [0.15, 0.2) is 55.1 Å². The highest BCUT2D eigenvalue weighted by atomic mass is 16.5. The normalized spacial score (nSPS) is 23.5. The van der Waals surface area contributed by atoms with Crippen molar-refractivity contribution in [3.05, 3.63) is 66.2 Å². The van der Waals surface area contributed by atoms with Gasteiger partial charge in [-0.3, -0.25) is 0 Å². The highest BCUT2D eigenvalue weighted by Gasteiger charge is 2.38. The molecule has 0 spiro atoms. The van der Waals surface area contributed by atoms with Gasteiger partial charge in [-0.25, -0.2) is 0 Å². The third-order valence-corrected chi connectivity index (χ3v) is 3.92. The minimum Gasteiger partial charge on any atom is -0.489 e. The van der Waals surface area contributed by atoms with Crippen molar-refractivity contribution in [2.45, 2.75) is 12.0 Å². The third-order valence-electron chi connectivity index (χ3n) is 3.92. The third kappa shape index (κ3) is 1.49. The van der Waals surface area contributed by atoms with Gasteiger partial charge >= 0.3 is 0 Å². The standard InChI is InChI=1S/C17H14O2/c1-11-12-6-2-5-9-15(12)19-16-10-18-14-8-4-3-7-13(14)17(11)16/h2-9,16-17H,1,10H2. The molecule has 2 heterocycles. The zero-order valence-electron chi connectivity index (χ0n) is 10.5. The first-order chi connectivity index (χ1) is 9.34. The first kappa shape index (κ1) is 10.7. The molecule has 0 amide bonds. The van der Waals surface area contributed by atoms with Gasteiger partial charge in [-0.05, 0) is 17.7 Å². The molecule has 2 unspecified atom stereocenters. The van der Waals surface area contributed by atoms with Crippen molar-refractivity contribution in [2.75, 3.05) is 6.61 Å². The van der Waals surface area contributed by atoms with Gasteiger partial charge < -0.3 is 9.47 Å².